The number of aromatic nitrogens is 2. The van der Waals surface area contributed by atoms with E-state index in [0.717, 1.165) is 42.3 Å². The van der Waals surface area contributed by atoms with Crippen LogP contribution in [0.5, 0.6) is 0 Å². The number of fused-ring (bicyclic) bond motifs is 1. The van der Waals surface area contributed by atoms with Gasteiger partial charge in [0.2, 0.25) is 5.91 Å². The highest BCUT2D eigenvalue weighted by Crippen LogP contribution is 2.22. The molecule has 108 valence electrons. The van der Waals surface area contributed by atoms with Gasteiger partial charge in [0, 0.05) is 37.0 Å². The van der Waals surface area contributed by atoms with Crippen LogP contribution in [0.1, 0.15) is 24.2 Å². The largest absolute Gasteiger partial charge is 0.396 e. The summed E-state index contributed by atoms with van der Waals surface area (Å²) in [5.41, 5.74) is 2.00. The highest BCUT2D eigenvalue weighted by atomic mass is 32.1. The number of rotatable bonds is 4. The van der Waals surface area contributed by atoms with Crippen molar-refractivity contribution in [3.05, 3.63) is 23.0 Å². The molecular weight excluding hydrogens is 274 g/mol. The van der Waals surface area contributed by atoms with Crippen LogP contribution in [0.4, 0.5) is 0 Å². The van der Waals surface area contributed by atoms with Crippen LogP contribution >= 0.6 is 11.3 Å². The van der Waals surface area contributed by atoms with Gasteiger partial charge in [0.05, 0.1) is 12.1 Å². The minimum Gasteiger partial charge on any atom is -0.396 e. The third kappa shape index (κ3) is 2.58. The van der Waals surface area contributed by atoms with Crippen molar-refractivity contribution in [3.63, 3.8) is 0 Å². The molecule has 5 nitrogen and oxygen atoms in total. The molecule has 0 radical (unpaired) electrons. The van der Waals surface area contributed by atoms with E-state index in [1.54, 1.807) is 11.3 Å². The molecule has 1 N–H and O–H groups in total. The molecule has 0 aliphatic carbocycles. The van der Waals surface area contributed by atoms with Gasteiger partial charge in [-0.1, -0.05) is 0 Å². The summed E-state index contributed by atoms with van der Waals surface area (Å²) in [6, 6.07) is 0. The number of carbonyl (C=O) groups is 1. The maximum Gasteiger partial charge on any atom is 0.228 e. The first-order chi connectivity index (χ1) is 9.67. The Morgan fingerprint density at radius 3 is 3.25 bits per heavy atom. The van der Waals surface area contributed by atoms with Crippen molar-refractivity contribution < 1.29 is 9.90 Å². The third-order valence-corrected chi connectivity index (χ3v) is 4.80. The molecule has 1 aliphatic rings. The number of aliphatic hydroxyl groups is 1. The number of aryl methyl sites for hydroxylation is 1. The van der Waals surface area contributed by atoms with Crippen LogP contribution in [0.25, 0.3) is 4.96 Å². The van der Waals surface area contributed by atoms with Crippen LogP contribution in [-0.2, 0) is 11.2 Å². The minimum absolute atomic E-state index is 0.177. The molecule has 1 saturated heterocycles. The highest BCUT2D eigenvalue weighted by molar-refractivity contribution is 7.15. The second-order valence-electron chi connectivity index (χ2n) is 5.45. The second-order valence-corrected chi connectivity index (χ2v) is 6.28. The molecule has 3 rings (SSSR count). The Balaban J connectivity index is 1.67. The van der Waals surface area contributed by atoms with Crippen LogP contribution in [0.3, 0.4) is 0 Å². The molecule has 0 saturated carbocycles. The van der Waals surface area contributed by atoms with Gasteiger partial charge in [-0.05, 0) is 25.7 Å². The molecule has 2 aromatic heterocycles. The topological polar surface area (TPSA) is 57.8 Å². The predicted molar refractivity (Wildman–Crippen MR) is 77.9 cm³/mol. The molecular formula is C14H19N3O2S. The van der Waals surface area contributed by atoms with Crippen molar-refractivity contribution in [2.24, 2.45) is 5.92 Å². The standard InChI is InChI=1S/C14H19N3O2S/c1-10-7-17-12(9-20-14(17)15-10)6-13(19)16-4-2-11(8-16)3-5-18/h7,9,11,18H,2-6,8H2,1H3. The Morgan fingerprint density at radius 1 is 1.60 bits per heavy atom. The van der Waals surface area contributed by atoms with Crippen molar-refractivity contribution in [1.82, 2.24) is 14.3 Å². The van der Waals surface area contributed by atoms with E-state index in [1.165, 1.54) is 0 Å². The van der Waals surface area contributed by atoms with Gasteiger partial charge >= 0.3 is 0 Å². The summed E-state index contributed by atoms with van der Waals surface area (Å²) in [6.45, 7) is 3.78. The van der Waals surface area contributed by atoms with Gasteiger partial charge in [0.25, 0.3) is 0 Å². The van der Waals surface area contributed by atoms with E-state index < -0.39 is 0 Å². The summed E-state index contributed by atoms with van der Waals surface area (Å²) in [6.07, 6.45) is 4.22. The number of hydrogen-bond acceptors (Lipinski definition) is 4. The first-order valence-corrected chi connectivity index (χ1v) is 7.86. The van der Waals surface area contributed by atoms with Crippen LogP contribution in [0.15, 0.2) is 11.6 Å². The summed E-state index contributed by atoms with van der Waals surface area (Å²) >= 11 is 1.58. The zero-order chi connectivity index (χ0) is 14.1. The second kappa shape index (κ2) is 5.54. The molecule has 1 atom stereocenters. The van der Waals surface area contributed by atoms with Gasteiger partial charge in [-0.2, -0.15) is 0 Å². The number of imidazole rings is 1. The number of hydrogen-bond donors (Lipinski definition) is 1. The lowest BCUT2D eigenvalue weighted by Crippen LogP contribution is -2.30. The average Bonchev–Trinajstić information content (AvgIpc) is 3.08. The van der Waals surface area contributed by atoms with Crippen LogP contribution in [0.2, 0.25) is 0 Å². The zero-order valence-electron chi connectivity index (χ0n) is 11.6. The Morgan fingerprint density at radius 2 is 2.45 bits per heavy atom. The van der Waals surface area contributed by atoms with Gasteiger partial charge < -0.3 is 10.0 Å². The Kier molecular flexibility index (Phi) is 3.76. The van der Waals surface area contributed by atoms with E-state index in [0.29, 0.717) is 12.3 Å². The maximum absolute atomic E-state index is 12.3. The minimum atomic E-state index is 0.177. The summed E-state index contributed by atoms with van der Waals surface area (Å²) in [4.78, 5) is 19.6. The Labute approximate surface area is 121 Å². The lowest BCUT2D eigenvalue weighted by atomic mass is 10.1. The quantitative estimate of drug-likeness (QED) is 0.929. The van der Waals surface area contributed by atoms with Gasteiger partial charge in [-0.25, -0.2) is 4.98 Å². The van der Waals surface area contributed by atoms with Gasteiger partial charge in [0.15, 0.2) is 4.96 Å². The van der Waals surface area contributed by atoms with Crippen molar-refractivity contribution in [2.45, 2.75) is 26.2 Å². The molecule has 1 unspecified atom stereocenters. The van der Waals surface area contributed by atoms with Gasteiger partial charge in [-0.15, -0.1) is 11.3 Å². The lowest BCUT2D eigenvalue weighted by Gasteiger charge is -2.16. The number of likely N-dealkylation sites (tertiary alicyclic amines) is 1. The van der Waals surface area contributed by atoms with Crippen LogP contribution < -0.4 is 0 Å². The molecule has 0 bridgehead atoms. The first-order valence-electron chi connectivity index (χ1n) is 6.98. The Hall–Kier alpha value is -1.40. The van der Waals surface area contributed by atoms with Crippen molar-refractivity contribution in [3.8, 4) is 0 Å². The fourth-order valence-electron chi connectivity index (χ4n) is 2.81. The summed E-state index contributed by atoms with van der Waals surface area (Å²) in [5, 5.41) is 11.0. The Bertz CT molecular complexity index is 619. The molecule has 0 spiro atoms. The smallest absolute Gasteiger partial charge is 0.228 e. The van der Waals surface area contributed by atoms with Gasteiger partial charge in [0.1, 0.15) is 0 Å². The number of nitrogens with zero attached hydrogens (tertiary/aromatic N) is 3. The van der Waals surface area contributed by atoms with E-state index in [-0.39, 0.29) is 12.5 Å². The van der Waals surface area contributed by atoms with Crippen molar-refractivity contribution in [2.75, 3.05) is 19.7 Å². The third-order valence-electron chi connectivity index (χ3n) is 3.91. The van der Waals surface area contributed by atoms with Crippen molar-refractivity contribution in [1.29, 1.82) is 0 Å². The summed E-state index contributed by atoms with van der Waals surface area (Å²) in [5.74, 6) is 0.637. The van der Waals surface area contributed by atoms with Gasteiger partial charge in [-0.3, -0.25) is 9.20 Å². The summed E-state index contributed by atoms with van der Waals surface area (Å²) in [7, 11) is 0. The number of amides is 1. The molecule has 6 heteroatoms. The number of aliphatic hydroxyl groups excluding tert-OH is 1. The summed E-state index contributed by atoms with van der Waals surface area (Å²) < 4.78 is 2.01. The molecule has 2 aromatic rings. The lowest BCUT2D eigenvalue weighted by molar-refractivity contribution is -0.129. The van der Waals surface area contributed by atoms with E-state index in [9.17, 15) is 4.79 Å². The van der Waals surface area contributed by atoms with E-state index in [1.807, 2.05) is 27.8 Å². The van der Waals surface area contributed by atoms with Crippen LogP contribution in [0, 0.1) is 12.8 Å². The van der Waals surface area contributed by atoms with E-state index in [4.69, 9.17) is 5.11 Å². The fraction of sp³-hybridized carbons (Fsp3) is 0.571. The highest BCUT2D eigenvalue weighted by Gasteiger charge is 2.26. The van der Waals surface area contributed by atoms with Crippen molar-refractivity contribution >= 4 is 22.2 Å². The molecule has 20 heavy (non-hydrogen) atoms. The normalized spacial score (nSPS) is 19.1. The zero-order valence-corrected chi connectivity index (χ0v) is 12.4. The number of thiazole rings is 1. The maximum atomic E-state index is 12.3. The molecule has 1 aliphatic heterocycles. The first kappa shape index (κ1) is 13.6. The molecule has 1 amide bonds. The van der Waals surface area contributed by atoms with E-state index >= 15 is 0 Å². The van der Waals surface area contributed by atoms with Crippen LogP contribution in [-0.4, -0.2) is 45.0 Å². The molecule has 0 aromatic carbocycles. The predicted octanol–water partition coefficient (Wildman–Crippen LogP) is 1.48. The number of carbonyl (C=O) groups excluding carboxylic acids is 1. The SMILES string of the molecule is Cc1cn2c(CC(=O)N3CCC(CCO)C3)csc2n1. The molecule has 1 fully saturated rings. The fourth-order valence-corrected chi connectivity index (χ4v) is 3.73. The average molecular weight is 293 g/mol. The molecule has 3 heterocycles. The monoisotopic (exact) mass is 293 g/mol. The van der Waals surface area contributed by atoms with E-state index in [2.05, 4.69) is 4.98 Å².